The maximum atomic E-state index is 5.57. The van der Waals surface area contributed by atoms with Gasteiger partial charge in [-0.05, 0) is 43.3 Å². The third kappa shape index (κ3) is 2.84. The lowest BCUT2D eigenvalue weighted by Crippen LogP contribution is -2.03. The summed E-state index contributed by atoms with van der Waals surface area (Å²) >= 11 is 1.65. The van der Waals surface area contributed by atoms with Crippen LogP contribution >= 0.6 is 11.3 Å². The number of ether oxygens (including phenoxy) is 1. The molecule has 1 heterocycles. The third-order valence-corrected chi connectivity index (χ3v) is 3.37. The molecule has 2 rings (SSSR count). The lowest BCUT2D eigenvalue weighted by molar-refractivity contribution is 0.340. The van der Waals surface area contributed by atoms with Crippen LogP contribution in [0.1, 0.15) is 12.6 Å². The molecular weight excluding hydrogens is 232 g/mol. The summed E-state index contributed by atoms with van der Waals surface area (Å²) < 4.78 is 5.42. The molecule has 17 heavy (non-hydrogen) atoms. The van der Waals surface area contributed by atoms with Crippen molar-refractivity contribution in [3.63, 3.8) is 0 Å². The predicted molar refractivity (Wildman–Crippen MR) is 71.5 cm³/mol. The topological polar surface area (TPSA) is 48.1 Å². The minimum Gasteiger partial charge on any atom is -0.494 e. The average molecular weight is 248 g/mol. The normalized spacial score (nSPS) is 10.5. The summed E-state index contributed by atoms with van der Waals surface area (Å²) in [6, 6.07) is 8.12. The van der Waals surface area contributed by atoms with Crippen LogP contribution in [0.25, 0.3) is 10.4 Å². The first kappa shape index (κ1) is 12.1. The summed E-state index contributed by atoms with van der Waals surface area (Å²) in [5, 5.41) is 0. The van der Waals surface area contributed by atoms with E-state index in [-0.39, 0.29) is 0 Å². The standard InChI is InChI=1S/C13H16N2OS/c1-2-16-11-5-3-10(4-6-11)13-12(7-8-14)15-9-17-13/h3-6,9H,2,7-8,14H2,1H3. The SMILES string of the molecule is CCOc1ccc(-c2scnc2CCN)cc1. The van der Waals surface area contributed by atoms with E-state index in [9.17, 15) is 0 Å². The summed E-state index contributed by atoms with van der Waals surface area (Å²) in [5.41, 5.74) is 9.71. The molecule has 0 fully saturated rings. The fourth-order valence-electron chi connectivity index (χ4n) is 1.69. The molecule has 2 aromatic rings. The highest BCUT2D eigenvalue weighted by Gasteiger charge is 2.07. The Morgan fingerprint density at radius 1 is 1.29 bits per heavy atom. The van der Waals surface area contributed by atoms with Gasteiger partial charge in [-0.3, -0.25) is 0 Å². The van der Waals surface area contributed by atoms with Crippen LogP contribution in [0.15, 0.2) is 29.8 Å². The minimum absolute atomic E-state index is 0.633. The number of aromatic nitrogens is 1. The van der Waals surface area contributed by atoms with Gasteiger partial charge >= 0.3 is 0 Å². The predicted octanol–water partition coefficient (Wildman–Crippen LogP) is 2.71. The number of rotatable bonds is 5. The molecule has 1 aromatic heterocycles. The Morgan fingerprint density at radius 3 is 2.71 bits per heavy atom. The van der Waals surface area contributed by atoms with E-state index in [1.165, 1.54) is 10.4 Å². The molecule has 3 nitrogen and oxygen atoms in total. The van der Waals surface area contributed by atoms with Crippen LogP contribution in [0.2, 0.25) is 0 Å². The first-order chi connectivity index (χ1) is 8.35. The Kier molecular flexibility index (Phi) is 4.12. The Morgan fingerprint density at radius 2 is 2.06 bits per heavy atom. The fraction of sp³-hybridized carbons (Fsp3) is 0.308. The second kappa shape index (κ2) is 5.80. The Hall–Kier alpha value is -1.39. The zero-order valence-corrected chi connectivity index (χ0v) is 10.7. The first-order valence-electron chi connectivity index (χ1n) is 5.70. The summed E-state index contributed by atoms with van der Waals surface area (Å²) in [7, 11) is 0. The second-order valence-corrected chi connectivity index (χ2v) is 4.48. The van der Waals surface area contributed by atoms with Crippen molar-refractivity contribution in [1.82, 2.24) is 4.98 Å². The molecule has 0 spiro atoms. The van der Waals surface area contributed by atoms with Gasteiger partial charge in [0.25, 0.3) is 0 Å². The van der Waals surface area contributed by atoms with Crippen LogP contribution in [0.4, 0.5) is 0 Å². The van der Waals surface area contributed by atoms with Gasteiger partial charge in [0.2, 0.25) is 0 Å². The minimum atomic E-state index is 0.633. The molecule has 0 unspecified atom stereocenters. The smallest absolute Gasteiger partial charge is 0.119 e. The Labute approximate surface area is 105 Å². The van der Waals surface area contributed by atoms with Gasteiger partial charge in [0.15, 0.2) is 0 Å². The van der Waals surface area contributed by atoms with Gasteiger partial charge in [0.1, 0.15) is 5.75 Å². The maximum absolute atomic E-state index is 5.57. The highest BCUT2D eigenvalue weighted by atomic mass is 32.1. The zero-order valence-electron chi connectivity index (χ0n) is 9.85. The Bertz CT molecular complexity index is 465. The van der Waals surface area contributed by atoms with Crippen molar-refractivity contribution in [2.75, 3.05) is 13.2 Å². The van der Waals surface area contributed by atoms with Crippen LogP contribution in [0, 0.1) is 0 Å². The van der Waals surface area contributed by atoms with Gasteiger partial charge in [-0.1, -0.05) is 0 Å². The number of hydrogen-bond donors (Lipinski definition) is 1. The van der Waals surface area contributed by atoms with Crippen molar-refractivity contribution in [2.24, 2.45) is 5.73 Å². The lowest BCUT2D eigenvalue weighted by Gasteiger charge is -2.05. The summed E-state index contributed by atoms with van der Waals surface area (Å²) in [6.45, 7) is 3.31. The number of thiazole rings is 1. The van der Waals surface area contributed by atoms with Gasteiger partial charge in [-0.2, -0.15) is 0 Å². The van der Waals surface area contributed by atoms with Crippen molar-refractivity contribution >= 4 is 11.3 Å². The number of hydrogen-bond acceptors (Lipinski definition) is 4. The molecule has 0 aliphatic rings. The zero-order chi connectivity index (χ0) is 12.1. The van der Waals surface area contributed by atoms with Crippen molar-refractivity contribution in [3.8, 4) is 16.2 Å². The second-order valence-electron chi connectivity index (χ2n) is 3.62. The molecule has 0 aliphatic carbocycles. The highest BCUT2D eigenvalue weighted by Crippen LogP contribution is 2.29. The number of benzene rings is 1. The molecule has 0 saturated carbocycles. The van der Waals surface area contributed by atoms with Gasteiger partial charge in [0, 0.05) is 6.42 Å². The largest absolute Gasteiger partial charge is 0.494 e. The fourth-order valence-corrected chi connectivity index (χ4v) is 2.54. The van der Waals surface area contributed by atoms with Crippen molar-refractivity contribution in [1.29, 1.82) is 0 Å². The molecule has 4 heteroatoms. The highest BCUT2D eigenvalue weighted by molar-refractivity contribution is 7.13. The average Bonchev–Trinajstić information content (AvgIpc) is 2.79. The molecule has 90 valence electrons. The van der Waals surface area contributed by atoms with E-state index in [4.69, 9.17) is 10.5 Å². The van der Waals surface area contributed by atoms with Crippen molar-refractivity contribution in [2.45, 2.75) is 13.3 Å². The maximum Gasteiger partial charge on any atom is 0.119 e. The van der Waals surface area contributed by atoms with Gasteiger partial charge in [-0.15, -0.1) is 11.3 Å². The van der Waals surface area contributed by atoms with E-state index < -0.39 is 0 Å². The summed E-state index contributed by atoms with van der Waals surface area (Å²) in [5.74, 6) is 0.904. The molecule has 0 radical (unpaired) electrons. The summed E-state index contributed by atoms with van der Waals surface area (Å²) in [4.78, 5) is 5.56. The molecule has 0 atom stereocenters. The van der Waals surface area contributed by atoms with E-state index in [0.717, 1.165) is 17.9 Å². The molecule has 0 aliphatic heterocycles. The third-order valence-electron chi connectivity index (χ3n) is 2.45. The van der Waals surface area contributed by atoms with Gasteiger partial charge in [-0.25, -0.2) is 4.98 Å². The van der Waals surface area contributed by atoms with Crippen LogP contribution < -0.4 is 10.5 Å². The monoisotopic (exact) mass is 248 g/mol. The van der Waals surface area contributed by atoms with Crippen LogP contribution in [0.3, 0.4) is 0 Å². The molecule has 2 N–H and O–H groups in total. The molecule has 0 saturated heterocycles. The molecule has 1 aromatic carbocycles. The van der Waals surface area contributed by atoms with Crippen molar-refractivity contribution in [3.05, 3.63) is 35.5 Å². The van der Waals surface area contributed by atoms with Crippen molar-refractivity contribution < 1.29 is 4.74 Å². The molecular formula is C13H16N2OS. The van der Waals surface area contributed by atoms with Gasteiger partial charge < -0.3 is 10.5 Å². The van der Waals surface area contributed by atoms with Crippen LogP contribution in [-0.4, -0.2) is 18.1 Å². The molecule has 0 bridgehead atoms. The Balaban J connectivity index is 2.23. The van der Waals surface area contributed by atoms with E-state index in [1.807, 2.05) is 24.6 Å². The van der Waals surface area contributed by atoms with Crippen LogP contribution in [0.5, 0.6) is 5.75 Å². The lowest BCUT2D eigenvalue weighted by atomic mass is 10.1. The quantitative estimate of drug-likeness (QED) is 0.885. The summed E-state index contributed by atoms with van der Waals surface area (Å²) in [6.07, 6.45) is 0.825. The first-order valence-corrected chi connectivity index (χ1v) is 6.58. The molecule has 0 amide bonds. The van der Waals surface area contributed by atoms with E-state index in [1.54, 1.807) is 11.3 Å². The number of nitrogens with zero attached hydrogens (tertiary/aromatic N) is 1. The van der Waals surface area contributed by atoms with E-state index in [0.29, 0.717) is 13.2 Å². The van der Waals surface area contributed by atoms with Crippen LogP contribution in [-0.2, 0) is 6.42 Å². The number of nitrogens with two attached hydrogens (primary N) is 1. The van der Waals surface area contributed by atoms with E-state index in [2.05, 4.69) is 17.1 Å². The van der Waals surface area contributed by atoms with Gasteiger partial charge in [0.05, 0.1) is 22.7 Å². The van der Waals surface area contributed by atoms with E-state index >= 15 is 0 Å².